The largest absolute Gasteiger partial charge is 0.271 e. The fraction of sp³-hybridized carbons (Fsp3) is 0.875. The van der Waals surface area contributed by atoms with Crippen LogP contribution in [0.25, 0.3) is 0 Å². The Morgan fingerprint density at radius 3 is 2.90 bits per heavy atom. The molecule has 0 saturated carbocycles. The van der Waals surface area contributed by atoms with E-state index in [1.54, 1.807) is 0 Å². The SMILES string of the molecule is CCN1C=[N+](C)CC(C)C1. The van der Waals surface area contributed by atoms with Crippen LogP contribution >= 0.6 is 0 Å². The fourth-order valence-electron chi connectivity index (χ4n) is 1.53. The lowest BCUT2D eigenvalue weighted by Crippen LogP contribution is -2.39. The third kappa shape index (κ3) is 1.72. The molecule has 1 heterocycles. The molecule has 0 spiro atoms. The Labute approximate surface area is 63.2 Å². The van der Waals surface area contributed by atoms with Gasteiger partial charge in [-0.25, -0.2) is 0 Å². The van der Waals surface area contributed by atoms with Crippen LogP contribution in [0.5, 0.6) is 0 Å². The second-order valence-corrected chi connectivity index (χ2v) is 3.25. The smallest absolute Gasteiger partial charge is 0.233 e. The van der Waals surface area contributed by atoms with Gasteiger partial charge in [0, 0.05) is 5.92 Å². The first kappa shape index (κ1) is 7.58. The summed E-state index contributed by atoms with van der Waals surface area (Å²) in [6, 6.07) is 0. The van der Waals surface area contributed by atoms with Gasteiger partial charge in [-0.1, -0.05) is 6.92 Å². The molecule has 0 aromatic heterocycles. The van der Waals surface area contributed by atoms with Crippen LogP contribution in [0.1, 0.15) is 13.8 Å². The molecule has 0 amide bonds. The molecule has 0 N–H and O–H groups in total. The van der Waals surface area contributed by atoms with Crippen LogP contribution in [0.3, 0.4) is 0 Å². The molecule has 1 atom stereocenters. The van der Waals surface area contributed by atoms with Crippen molar-refractivity contribution in [1.29, 1.82) is 0 Å². The van der Waals surface area contributed by atoms with Crippen molar-refractivity contribution in [2.75, 3.05) is 26.7 Å². The van der Waals surface area contributed by atoms with Crippen LogP contribution in [0.2, 0.25) is 0 Å². The molecular formula is C8H17N2+. The van der Waals surface area contributed by atoms with Gasteiger partial charge in [-0.2, -0.15) is 0 Å². The Morgan fingerprint density at radius 1 is 1.70 bits per heavy atom. The van der Waals surface area contributed by atoms with E-state index < -0.39 is 0 Å². The minimum Gasteiger partial charge on any atom is -0.271 e. The van der Waals surface area contributed by atoms with Crippen LogP contribution < -0.4 is 0 Å². The van der Waals surface area contributed by atoms with Gasteiger partial charge in [0.15, 0.2) is 0 Å². The molecule has 1 aliphatic rings. The van der Waals surface area contributed by atoms with Gasteiger partial charge in [-0.3, -0.25) is 9.48 Å². The van der Waals surface area contributed by atoms with E-state index in [1.165, 1.54) is 13.1 Å². The fourth-order valence-corrected chi connectivity index (χ4v) is 1.53. The summed E-state index contributed by atoms with van der Waals surface area (Å²) in [4.78, 5) is 2.36. The monoisotopic (exact) mass is 141 g/mol. The Hall–Kier alpha value is -0.530. The molecule has 1 rings (SSSR count). The molecule has 2 heteroatoms. The van der Waals surface area contributed by atoms with Gasteiger partial charge >= 0.3 is 0 Å². The van der Waals surface area contributed by atoms with E-state index in [0.29, 0.717) is 0 Å². The second-order valence-electron chi connectivity index (χ2n) is 3.25. The lowest BCUT2D eigenvalue weighted by Gasteiger charge is -2.22. The number of nitrogens with zero attached hydrogens (tertiary/aromatic N) is 2. The first-order valence-electron chi connectivity index (χ1n) is 4.01. The summed E-state index contributed by atoms with van der Waals surface area (Å²) in [6.07, 6.45) is 2.21. The summed E-state index contributed by atoms with van der Waals surface area (Å²) >= 11 is 0. The molecule has 10 heavy (non-hydrogen) atoms. The molecule has 58 valence electrons. The molecule has 1 unspecified atom stereocenters. The van der Waals surface area contributed by atoms with E-state index in [4.69, 9.17) is 0 Å². The van der Waals surface area contributed by atoms with Crippen molar-refractivity contribution < 1.29 is 4.58 Å². The topological polar surface area (TPSA) is 6.25 Å². The Morgan fingerprint density at radius 2 is 2.40 bits per heavy atom. The van der Waals surface area contributed by atoms with Crippen LogP contribution in [0.15, 0.2) is 0 Å². The molecule has 0 saturated heterocycles. The van der Waals surface area contributed by atoms with Crippen LogP contribution in [0, 0.1) is 5.92 Å². The summed E-state index contributed by atoms with van der Waals surface area (Å²) in [5, 5.41) is 0. The summed E-state index contributed by atoms with van der Waals surface area (Å²) < 4.78 is 2.26. The van der Waals surface area contributed by atoms with Crippen molar-refractivity contribution in [3.63, 3.8) is 0 Å². The zero-order chi connectivity index (χ0) is 7.56. The second kappa shape index (κ2) is 3.04. The molecule has 0 aromatic rings. The minimum atomic E-state index is 0.815. The molecular weight excluding hydrogens is 124 g/mol. The van der Waals surface area contributed by atoms with Gasteiger partial charge in [0.1, 0.15) is 0 Å². The average Bonchev–Trinajstić information content (AvgIpc) is 1.85. The van der Waals surface area contributed by atoms with E-state index in [0.717, 1.165) is 12.5 Å². The molecule has 1 aliphatic heterocycles. The highest BCUT2D eigenvalue weighted by atomic mass is 15.2. The predicted octanol–water partition coefficient (Wildman–Crippen LogP) is 0.629. The number of rotatable bonds is 1. The van der Waals surface area contributed by atoms with E-state index >= 15 is 0 Å². The van der Waals surface area contributed by atoms with Crippen molar-refractivity contribution in [2.45, 2.75) is 13.8 Å². The quantitative estimate of drug-likeness (QED) is 0.485. The van der Waals surface area contributed by atoms with E-state index in [2.05, 4.69) is 36.7 Å². The molecule has 0 aromatic carbocycles. The minimum absolute atomic E-state index is 0.815. The number of hydrogen-bond acceptors (Lipinski definition) is 1. The Balaban J connectivity index is 2.55. The summed E-state index contributed by atoms with van der Waals surface area (Å²) in [5.74, 6) is 0.815. The predicted molar refractivity (Wildman–Crippen MR) is 43.5 cm³/mol. The number of hydrogen-bond donors (Lipinski definition) is 0. The normalized spacial score (nSPS) is 26.5. The van der Waals surface area contributed by atoms with Crippen LogP contribution in [0.4, 0.5) is 0 Å². The molecule has 0 radical (unpaired) electrons. The zero-order valence-corrected chi connectivity index (χ0v) is 7.17. The summed E-state index contributed by atoms with van der Waals surface area (Å²) in [5.41, 5.74) is 0. The van der Waals surface area contributed by atoms with Gasteiger partial charge < -0.3 is 0 Å². The molecule has 2 nitrogen and oxygen atoms in total. The Bertz CT molecular complexity index is 140. The standard InChI is InChI=1S/C8H17N2/c1-4-10-6-8(2)5-9(3)7-10/h7-8H,4-6H2,1-3H3/q+1. The highest BCUT2D eigenvalue weighted by molar-refractivity contribution is 5.49. The molecule has 0 bridgehead atoms. The van der Waals surface area contributed by atoms with Crippen molar-refractivity contribution in [2.24, 2.45) is 5.92 Å². The lowest BCUT2D eigenvalue weighted by molar-refractivity contribution is -0.510. The van der Waals surface area contributed by atoms with Gasteiger partial charge in [-0.05, 0) is 6.92 Å². The third-order valence-electron chi connectivity index (χ3n) is 1.91. The molecule has 0 aliphatic carbocycles. The maximum absolute atomic E-state index is 2.36. The summed E-state index contributed by atoms with van der Waals surface area (Å²) in [6.45, 7) is 8.06. The average molecular weight is 141 g/mol. The third-order valence-corrected chi connectivity index (χ3v) is 1.91. The van der Waals surface area contributed by atoms with E-state index in [1.807, 2.05) is 0 Å². The van der Waals surface area contributed by atoms with Crippen LogP contribution in [-0.4, -0.2) is 42.5 Å². The zero-order valence-electron chi connectivity index (χ0n) is 7.17. The van der Waals surface area contributed by atoms with Crippen molar-refractivity contribution >= 4 is 6.34 Å². The highest BCUT2D eigenvalue weighted by Crippen LogP contribution is 2.02. The highest BCUT2D eigenvalue weighted by Gasteiger charge is 2.18. The first-order chi connectivity index (χ1) is 4.72. The van der Waals surface area contributed by atoms with Crippen molar-refractivity contribution in [1.82, 2.24) is 4.90 Å². The van der Waals surface area contributed by atoms with Gasteiger partial charge in [0.05, 0.1) is 26.7 Å². The van der Waals surface area contributed by atoms with Gasteiger partial charge in [-0.15, -0.1) is 0 Å². The maximum Gasteiger partial charge on any atom is 0.233 e. The van der Waals surface area contributed by atoms with Gasteiger partial charge in [0.2, 0.25) is 6.34 Å². The van der Waals surface area contributed by atoms with Crippen LogP contribution in [-0.2, 0) is 0 Å². The lowest BCUT2D eigenvalue weighted by atomic mass is 10.1. The van der Waals surface area contributed by atoms with E-state index in [-0.39, 0.29) is 0 Å². The maximum atomic E-state index is 2.36. The van der Waals surface area contributed by atoms with Crippen molar-refractivity contribution in [3.05, 3.63) is 0 Å². The Kier molecular flexibility index (Phi) is 2.30. The van der Waals surface area contributed by atoms with Gasteiger partial charge in [0.25, 0.3) is 0 Å². The van der Waals surface area contributed by atoms with Crippen molar-refractivity contribution in [3.8, 4) is 0 Å². The van der Waals surface area contributed by atoms with E-state index in [9.17, 15) is 0 Å². The summed E-state index contributed by atoms with van der Waals surface area (Å²) in [7, 11) is 2.14. The first-order valence-corrected chi connectivity index (χ1v) is 4.01. The molecule has 0 fully saturated rings.